The van der Waals surface area contributed by atoms with Crippen LogP contribution in [0.15, 0.2) is 41.3 Å². The third-order valence-corrected chi connectivity index (χ3v) is 6.68. The molecule has 0 radical (unpaired) electrons. The summed E-state index contributed by atoms with van der Waals surface area (Å²) in [6.45, 7) is -2.21. The normalized spacial score (nSPS) is 18.4. The maximum atomic E-state index is 13.7. The molecule has 0 aromatic heterocycles. The van der Waals surface area contributed by atoms with Crippen LogP contribution in [0, 0.1) is 0 Å². The number of hydrogen-bond acceptors (Lipinski definition) is 7. The first-order chi connectivity index (χ1) is 17.5. The number of carbonyl (C=O) groups excluding carboxylic acids is 2. The van der Waals surface area contributed by atoms with Crippen molar-refractivity contribution in [1.29, 1.82) is 0 Å². The van der Waals surface area contributed by atoms with Crippen LogP contribution < -0.4 is 14.8 Å². The second-order valence-corrected chi connectivity index (χ2v) is 9.09. The molecule has 1 aliphatic heterocycles. The maximum absolute atomic E-state index is 13.7. The first-order valence-electron chi connectivity index (χ1n) is 11.0. The number of benzene rings is 2. The molecule has 2 aromatic carbocycles. The van der Waals surface area contributed by atoms with E-state index in [4.69, 9.17) is 9.47 Å². The largest absolute Gasteiger partial charge is 0.496 e. The lowest BCUT2D eigenvalue weighted by Gasteiger charge is -2.43. The van der Waals surface area contributed by atoms with Crippen molar-refractivity contribution in [3.63, 3.8) is 0 Å². The number of halogens is 5. The molecule has 0 saturated carbocycles. The van der Waals surface area contributed by atoms with E-state index < -0.39 is 29.8 Å². The van der Waals surface area contributed by atoms with Gasteiger partial charge < -0.3 is 19.5 Å². The number of ether oxygens (including phenoxy) is 3. The highest BCUT2D eigenvalue weighted by Crippen LogP contribution is 2.40. The van der Waals surface area contributed by atoms with Crippen LogP contribution in [0.4, 0.5) is 22.0 Å². The molecule has 0 bridgehead atoms. The van der Waals surface area contributed by atoms with Gasteiger partial charge in [0.25, 0.3) is 12.4 Å². The lowest BCUT2D eigenvalue weighted by Crippen LogP contribution is -2.56. The van der Waals surface area contributed by atoms with Crippen LogP contribution in [0.5, 0.6) is 11.5 Å². The van der Waals surface area contributed by atoms with E-state index in [1.165, 1.54) is 24.5 Å². The van der Waals surface area contributed by atoms with Crippen molar-refractivity contribution in [2.75, 3.05) is 33.2 Å². The van der Waals surface area contributed by atoms with Crippen molar-refractivity contribution in [2.45, 2.75) is 36.1 Å². The quantitative estimate of drug-likeness (QED) is 0.258. The number of amides is 1. The summed E-state index contributed by atoms with van der Waals surface area (Å²) < 4.78 is 80.5. The Hall–Kier alpha value is -3.06. The van der Waals surface area contributed by atoms with Crippen molar-refractivity contribution in [3.8, 4) is 11.5 Å². The van der Waals surface area contributed by atoms with Gasteiger partial charge in [0.15, 0.2) is 0 Å². The summed E-state index contributed by atoms with van der Waals surface area (Å²) in [4.78, 5) is 26.2. The summed E-state index contributed by atoms with van der Waals surface area (Å²) in [5.41, 5.74) is -1.80. The minimum Gasteiger partial charge on any atom is -0.496 e. The Balaban J connectivity index is 2.07. The SMILES string of the molecule is COc1cc(C(F)(F)F)cc(SC)c1C(=O)NC1(c2cccc(OC(F)F)c2)CCCN(COC=O)C1. The first kappa shape index (κ1) is 28.5. The fourth-order valence-corrected chi connectivity index (χ4v) is 4.99. The van der Waals surface area contributed by atoms with Gasteiger partial charge in [-0.1, -0.05) is 12.1 Å². The van der Waals surface area contributed by atoms with E-state index in [-0.39, 0.29) is 41.7 Å². The van der Waals surface area contributed by atoms with Crippen LogP contribution in [0.1, 0.15) is 34.3 Å². The molecular weight excluding hydrogens is 523 g/mol. The van der Waals surface area contributed by atoms with E-state index in [1.54, 1.807) is 11.0 Å². The Morgan fingerprint density at radius 2 is 2.03 bits per heavy atom. The number of hydrogen-bond donors (Lipinski definition) is 1. The molecule has 0 aliphatic carbocycles. The second-order valence-electron chi connectivity index (χ2n) is 8.24. The number of methoxy groups -OCH3 is 1. The zero-order valence-corrected chi connectivity index (χ0v) is 20.8. The van der Waals surface area contributed by atoms with E-state index in [9.17, 15) is 31.5 Å². The van der Waals surface area contributed by atoms with Crippen molar-refractivity contribution in [1.82, 2.24) is 10.2 Å². The average Bonchev–Trinajstić information content (AvgIpc) is 2.85. The van der Waals surface area contributed by atoms with Crippen molar-refractivity contribution in [2.24, 2.45) is 0 Å². The number of carbonyl (C=O) groups is 2. The standard InChI is InChI=1S/C24H25F5N2O5S/c1-34-18-10-16(24(27,28)29)11-19(37-2)20(18)21(33)30-23(7-4-8-31(12-23)13-35-14-32)15-5-3-6-17(9-15)36-22(25)26/h3,5-6,9-11,14,22H,4,7-8,12-13H2,1-2H3,(H,30,33). The highest BCUT2D eigenvalue weighted by molar-refractivity contribution is 7.98. The van der Waals surface area contributed by atoms with Crippen LogP contribution in [0.2, 0.25) is 0 Å². The van der Waals surface area contributed by atoms with Crippen LogP contribution in [0.25, 0.3) is 0 Å². The number of piperidine rings is 1. The molecule has 0 spiro atoms. The molecule has 1 N–H and O–H groups in total. The molecule has 1 unspecified atom stereocenters. The summed E-state index contributed by atoms with van der Waals surface area (Å²) in [6, 6.07) is 7.46. The van der Waals surface area contributed by atoms with Gasteiger partial charge in [-0.3, -0.25) is 14.5 Å². The predicted octanol–water partition coefficient (Wildman–Crippen LogP) is 4.89. The smallest absolute Gasteiger partial charge is 0.416 e. The van der Waals surface area contributed by atoms with E-state index in [0.717, 1.165) is 31.0 Å². The molecule has 3 rings (SSSR count). The predicted molar refractivity (Wildman–Crippen MR) is 125 cm³/mol. The van der Waals surface area contributed by atoms with E-state index in [2.05, 4.69) is 10.1 Å². The third-order valence-electron chi connectivity index (χ3n) is 5.92. The molecular formula is C24H25F5N2O5S. The van der Waals surface area contributed by atoms with Crippen LogP contribution >= 0.6 is 11.8 Å². The Morgan fingerprint density at radius 1 is 1.27 bits per heavy atom. The minimum atomic E-state index is -4.65. The van der Waals surface area contributed by atoms with Crippen molar-refractivity contribution < 1.29 is 45.8 Å². The number of likely N-dealkylation sites (tertiary alicyclic amines) is 1. The zero-order valence-electron chi connectivity index (χ0n) is 19.9. The monoisotopic (exact) mass is 548 g/mol. The van der Waals surface area contributed by atoms with E-state index in [1.807, 2.05) is 0 Å². The number of thioether (sulfide) groups is 1. The summed E-state index contributed by atoms with van der Waals surface area (Å²) in [7, 11) is 1.16. The van der Waals surface area contributed by atoms with Gasteiger partial charge in [-0.05, 0) is 48.9 Å². The van der Waals surface area contributed by atoms with Gasteiger partial charge in [0, 0.05) is 18.0 Å². The summed E-state index contributed by atoms with van der Waals surface area (Å²) in [5.74, 6) is -1.11. The molecule has 1 saturated heterocycles. The lowest BCUT2D eigenvalue weighted by molar-refractivity contribution is -0.138. The molecule has 13 heteroatoms. The fraction of sp³-hybridized carbons (Fsp3) is 0.417. The Labute approximate surface area is 214 Å². The number of nitrogens with one attached hydrogen (secondary N) is 1. The van der Waals surface area contributed by atoms with Gasteiger partial charge in [-0.15, -0.1) is 11.8 Å². The Kier molecular flexibility index (Phi) is 9.24. The fourth-order valence-electron chi connectivity index (χ4n) is 4.35. The van der Waals surface area contributed by atoms with Gasteiger partial charge in [0.05, 0.1) is 23.8 Å². The van der Waals surface area contributed by atoms with E-state index in [0.29, 0.717) is 24.9 Å². The number of rotatable bonds is 10. The van der Waals surface area contributed by atoms with Gasteiger partial charge >= 0.3 is 12.8 Å². The second kappa shape index (κ2) is 12.0. The summed E-state index contributed by atoms with van der Waals surface area (Å²) in [6.07, 6.45) is -2.22. The Morgan fingerprint density at radius 3 is 2.65 bits per heavy atom. The third kappa shape index (κ3) is 6.83. The molecule has 1 heterocycles. The van der Waals surface area contributed by atoms with Gasteiger partial charge in [-0.25, -0.2) is 0 Å². The van der Waals surface area contributed by atoms with Crippen LogP contribution in [-0.2, 0) is 21.2 Å². The maximum Gasteiger partial charge on any atom is 0.416 e. The zero-order chi connectivity index (χ0) is 27.2. The minimum absolute atomic E-state index is 0.0473. The molecule has 202 valence electrons. The van der Waals surface area contributed by atoms with Gasteiger partial charge in [0.2, 0.25) is 0 Å². The lowest BCUT2D eigenvalue weighted by atomic mass is 9.81. The average molecular weight is 549 g/mol. The number of alkyl halides is 5. The topological polar surface area (TPSA) is 77.1 Å². The molecule has 1 fully saturated rings. The highest BCUT2D eigenvalue weighted by Gasteiger charge is 2.41. The van der Waals surface area contributed by atoms with Crippen LogP contribution in [-0.4, -0.2) is 57.1 Å². The molecule has 1 atom stereocenters. The molecule has 37 heavy (non-hydrogen) atoms. The molecule has 1 aliphatic rings. The Bertz CT molecular complexity index is 1090. The van der Waals surface area contributed by atoms with E-state index >= 15 is 0 Å². The molecule has 1 amide bonds. The summed E-state index contributed by atoms with van der Waals surface area (Å²) >= 11 is 0.948. The number of nitrogens with zero attached hydrogens (tertiary/aromatic N) is 1. The molecule has 7 nitrogen and oxygen atoms in total. The molecule has 2 aromatic rings. The highest BCUT2D eigenvalue weighted by atomic mass is 32.2. The summed E-state index contributed by atoms with van der Waals surface area (Å²) in [5, 5.41) is 2.92. The van der Waals surface area contributed by atoms with Crippen LogP contribution in [0.3, 0.4) is 0 Å². The first-order valence-corrected chi connectivity index (χ1v) is 12.2. The van der Waals surface area contributed by atoms with Crippen molar-refractivity contribution >= 4 is 24.1 Å². The van der Waals surface area contributed by atoms with Gasteiger partial charge in [-0.2, -0.15) is 22.0 Å². The van der Waals surface area contributed by atoms with Gasteiger partial charge in [0.1, 0.15) is 18.2 Å². The van der Waals surface area contributed by atoms with Crippen molar-refractivity contribution in [3.05, 3.63) is 53.1 Å².